The Hall–Kier alpha value is -0.410. The number of nitrogens with zero attached hydrogens (tertiary/aromatic N) is 1. The van der Waals surface area contributed by atoms with Gasteiger partial charge in [-0.05, 0) is 19.4 Å². The van der Waals surface area contributed by atoms with Crippen LogP contribution in [0.25, 0.3) is 0 Å². The molecule has 74 valence electrons. The predicted molar refractivity (Wildman–Crippen MR) is 49.7 cm³/mol. The number of rotatable bonds is 1. The van der Waals surface area contributed by atoms with Crippen LogP contribution in [0.5, 0.6) is 0 Å². The van der Waals surface area contributed by atoms with Gasteiger partial charge >= 0.3 is 0 Å². The maximum absolute atomic E-state index is 11.6. The summed E-state index contributed by atoms with van der Waals surface area (Å²) in [5.41, 5.74) is -0.369. The lowest BCUT2D eigenvalue weighted by Crippen LogP contribution is -2.47. The first-order valence-electron chi connectivity index (χ1n) is 5.16. The van der Waals surface area contributed by atoms with E-state index in [1.54, 1.807) is 0 Å². The molecule has 0 bridgehead atoms. The van der Waals surface area contributed by atoms with Gasteiger partial charge in [-0.25, -0.2) is 0 Å². The molecule has 0 aliphatic carbocycles. The summed E-state index contributed by atoms with van der Waals surface area (Å²) in [6, 6.07) is 0. The van der Waals surface area contributed by atoms with Gasteiger partial charge in [-0.2, -0.15) is 0 Å². The minimum Gasteiger partial charge on any atom is -0.367 e. The molecule has 0 saturated carbocycles. The molecule has 1 spiro atoms. The molecule has 3 heteroatoms. The molecule has 0 radical (unpaired) electrons. The van der Waals surface area contributed by atoms with E-state index >= 15 is 0 Å². The van der Waals surface area contributed by atoms with Crippen LogP contribution in [0.15, 0.2) is 0 Å². The molecule has 0 aromatic heterocycles. The molecule has 2 fully saturated rings. The normalized spacial score (nSPS) is 28.5. The molecule has 2 heterocycles. The minimum atomic E-state index is -0.369. The predicted octanol–water partition coefficient (Wildman–Crippen LogP) is 0.830. The number of ether oxygens (including phenoxy) is 1. The number of carbonyl (C=O) groups is 1. The van der Waals surface area contributed by atoms with Crippen LogP contribution in [0, 0.1) is 0 Å². The van der Waals surface area contributed by atoms with Crippen molar-refractivity contribution < 1.29 is 9.53 Å². The maximum Gasteiger partial charge on any atom is 0.167 e. The van der Waals surface area contributed by atoms with Crippen molar-refractivity contribution in [2.24, 2.45) is 0 Å². The molecular formula is C10H17NO2. The first kappa shape index (κ1) is 9.16. The lowest BCUT2D eigenvalue weighted by molar-refractivity contribution is -0.136. The van der Waals surface area contributed by atoms with Crippen LogP contribution in [0.4, 0.5) is 0 Å². The molecule has 0 atom stereocenters. The quantitative estimate of drug-likeness (QED) is 0.603. The summed E-state index contributed by atoms with van der Waals surface area (Å²) < 4.78 is 5.61. The number of carbonyl (C=O) groups excluding carboxylic acids is 1. The fourth-order valence-electron chi connectivity index (χ4n) is 2.30. The van der Waals surface area contributed by atoms with E-state index in [2.05, 4.69) is 11.8 Å². The van der Waals surface area contributed by atoms with Crippen LogP contribution in [0.1, 0.15) is 26.2 Å². The highest BCUT2D eigenvalue weighted by Crippen LogP contribution is 2.32. The fraction of sp³-hybridized carbons (Fsp3) is 0.900. The number of ketones is 1. The van der Waals surface area contributed by atoms with E-state index < -0.39 is 0 Å². The Morgan fingerprint density at radius 1 is 1.46 bits per heavy atom. The lowest BCUT2D eigenvalue weighted by atomic mass is 9.87. The van der Waals surface area contributed by atoms with Crippen LogP contribution in [-0.2, 0) is 9.53 Å². The van der Waals surface area contributed by atoms with Crippen molar-refractivity contribution in [3.63, 3.8) is 0 Å². The van der Waals surface area contributed by atoms with E-state index in [0.29, 0.717) is 18.8 Å². The topological polar surface area (TPSA) is 29.5 Å². The van der Waals surface area contributed by atoms with Gasteiger partial charge in [0, 0.05) is 19.5 Å². The van der Waals surface area contributed by atoms with Crippen LogP contribution >= 0.6 is 0 Å². The SMILES string of the molecule is CCN1CCC2(CC1)OCCC2=O. The van der Waals surface area contributed by atoms with Gasteiger partial charge in [-0.15, -0.1) is 0 Å². The smallest absolute Gasteiger partial charge is 0.167 e. The highest BCUT2D eigenvalue weighted by Gasteiger charge is 2.45. The molecule has 2 aliphatic rings. The van der Waals surface area contributed by atoms with Crippen molar-refractivity contribution in [1.29, 1.82) is 0 Å². The highest BCUT2D eigenvalue weighted by molar-refractivity contribution is 5.89. The van der Waals surface area contributed by atoms with Crippen molar-refractivity contribution in [3.8, 4) is 0 Å². The summed E-state index contributed by atoms with van der Waals surface area (Å²) >= 11 is 0. The Morgan fingerprint density at radius 3 is 2.62 bits per heavy atom. The van der Waals surface area contributed by atoms with E-state index in [-0.39, 0.29) is 5.60 Å². The van der Waals surface area contributed by atoms with Gasteiger partial charge in [0.2, 0.25) is 0 Å². The van der Waals surface area contributed by atoms with Gasteiger partial charge < -0.3 is 9.64 Å². The van der Waals surface area contributed by atoms with E-state index in [1.807, 2.05) is 0 Å². The van der Waals surface area contributed by atoms with Gasteiger partial charge in [-0.1, -0.05) is 6.92 Å². The summed E-state index contributed by atoms with van der Waals surface area (Å²) in [6.45, 7) is 5.93. The average Bonchev–Trinajstić information content (AvgIpc) is 2.50. The van der Waals surface area contributed by atoms with Gasteiger partial charge in [0.05, 0.1) is 6.61 Å². The highest BCUT2D eigenvalue weighted by atomic mass is 16.5. The van der Waals surface area contributed by atoms with Crippen molar-refractivity contribution in [1.82, 2.24) is 4.90 Å². The first-order chi connectivity index (χ1) is 6.27. The van der Waals surface area contributed by atoms with Crippen molar-refractivity contribution >= 4 is 5.78 Å². The minimum absolute atomic E-state index is 0.336. The molecule has 0 unspecified atom stereocenters. The molecule has 3 nitrogen and oxygen atoms in total. The largest absolute Gasteiger partial charge is 0.367 e. The summed E-state index contributed by atoms with van der Waals surface area (Å²) in [4.78, 5) is 14.0. The second kappa shape index (κ2) is 3.39. The number of hydrogen-bond acceptors (Lipinski definition) is 3. The van der Waals surface area contributed by atoms with Gasteiger partial charge in [0.15, 0.2) is 5.78 Å². The fourth-order valence-corrected chi connectivity index (χ4v) is 2.30. The van der Waals surface area contributed by atoms with E-state index in [1.165, 1.54) is 0 Å². The van der Waals surface area contributed by atoms with Crippen LogP contribution in [0.3, 0.4) is 0 Å². The summed E-state index contributed by atoms with van der Waals surface area (Å²) in [5.74, 6) is 0.336. The zero-order valence-corrected chi connectivity index (χ0v) is 8.21. The van der Waals surface area contributed by atoms with Crippen LogP contribution < -0.4 is 0 Å². The average molecular weight is 183 g/mol. The number of likely N-dealkylation sites (tertiary alicyclic amines) is 1. The van der Waals surface area contributed by atoms with Crippen LogP contribution in [0.2, 0.25) is 0 Å². The number of hydrogen-bond donors (Lipinski definition) is 0. The Kier molecular flexibility index (Phi) is 2.39. The monoisotopic (exact) mass is 183 g/mol. The Bertz CT molecular complexity index is 207. The van der Waals surface area contributed by atoms with E-state index in [9.17, 15) is 4.79 Å². The molecule has 13 heavy (non-hydrogen) atoms. The van der Waals surface area contributed by atoms with E-state index in [0.717, 1.165) is 32.5 Å². The van der Waals surface area contributed by atoms with Crippen molar-refractivity contribution in [2.45, 2.75) is 31.8 Å². The summed E-state index contributed by atoms with van der Waals surface area (Å²) in [7, 11) is 0. The molecule has 2 saturated heterocycles. The maximum atomic E-state index is 11.6. The Labute approximate surface area is 79.0 Å². The number of piperidine rings is 1. The van der Waals surface area contributed by atoms with Crippen LogP contribution in [-0.4, -0.2) is 42.5 Å². The summed E-state index contributed by atoms with van der Waals surface area (Å²) in [5, 5.41) is 0. The second-order valence-corrected chi connectivity index (χ2v) is 3.95. The zero-order valence-electron chi connectivity index (χ0n) is 8.21. The van der Waals surface area contributed by atoms with Crippen molar-refractivity contribution in [3.05, 3.63) is 0 Å². The van der Waals surface area contributed by atoms with Crippen molar-refractivity contribution in [2.75, 3.05) is 26.2 Å². The van der Waals surface area contributed by atoms with Gasteiger partial charge in [0.1, 0.15) is 5.60 Å². The third-order valence-corrected chi connectivity index (χ3v) is 3.33. The molecule has 0 amide bonds. The Balaban J connectivity index is 1.99. The number of Topliss-reactive ketones (excluding diaryl/α,β-unsaturated/α-hetero) is 1. The molecule has 0 aromatic carbocycles. The first-order valence-corrected chi connectivity index (χ1v) is 5.16. The van der Waals surface area contributed by atoms with Gasteiger partial charge in [0.25, 0.3) is 0 Å². The molecular weight excluding hydrogens is 166 g/mol. The third kappa shape index (κ3) is 1.51. The standard InChI is InChI=1S/C10H17NO2/c1-2-11-6-4-10(5-7-11)9(12)3-8-13-10/h2-8H2,1H3. The molecule has 2 rings (SSSR count). The zero-order chi connectivity index (χ0) is 9.31. The lowest BCUT2D eigenvalue weighted by Gasteiger charge is -2.36. The Morgan fingerprint density at radius 2 is 2.15 bits per heavy atom. The molecule has 0 N–H and O–H groups in total. The third-order valence-electron chi connectivity index (χ3n) is 3.33. The second-order valence-electron chi connectivity index (χ2n) is 3.95. The van der Waals surface area contributed by atoms with E-state index in [4.69, 9.17) is 4.74 Å². The summed E-state index contributed by atoms with van der Waals surface area (Å²) in [6.07, 6.45) is 2.44. The molecule has 2 aliphatic heterocycles. The van der Waals surface area contributed by atoms with Gasteiger partial charge in [-0.3, -0.25) is 4.79 Å². The molecule has 0 aromatic rings.